The van der Waals surface area contributed by atoms with Gasteiger partial charge in [0.1, 0.15) is 25.4 Å². The summed E-state index contributed by atoms with van der Waals surface area (Å²) >= 11 is 0. The van der Waals surface area contributed by atoms with E-state index in [9.17, 15) is 28.8 Å². The third-order valence-electron chi connectivity index (χ3n) is 5.00. The first-order valence-corrected chi connectivity index (χ1v) is 11.6. The van der Waals surface area contributed by atoms with Crippen molar-refractivity contribution in [2.45, 2.75) is 83.8 Å². The summed E-state index contributed by atoms with van der Waals surface area (Å²) in [5.41, 5.74) is 0. The second-order valence-corrected chi connectivity index (χ2v) is 7.61. The SMILES string of the molecule is CCC(=O)N[C@H]1[C@@H](OC(=O)CC)[C@H](OC(=O)CC)[C@@H](COC(=O)CC)O[C@H]1COC(=O)/C=C/C(=O)O. The molecule has 0 aromatic carbocycles. The van der Waals surface area contributed by atoms with Crippen molar-refractivity contribution in [1.82, 2.24) is 5.32 Å². The Morgan fingerprint density at radius 1 is 0.750 bits per heavy atom. The summed E-state index contributed by atoms with van der Waals surface area (Å²) in [4.78, 5) is 71.1. The first-order chi connectivity index (χ1) is 17.1. The fraction of sp³-hybridized carbons (Fsp3) is 0.652. The highest BCUT2D eigenvalue weighted by molar-refractivity contribution is 5.90. The quantitative estimate of drug-likeness (QED) is 0.196. The number of aliphatic carboxylic acids is 1. The van der Waals surface area contributed by atoms with Crippen molar-refractivity contribution in [1.29, 1.82) is 0 Å². The molecule has 1 saturated heterocycles. The minimum atomic E-state index is -1.36. The van der Waals surface area contributed by atoms with Crippen molar-refractivity contribution in [2.24, 2.45) is 0 Å². The number of amides is 1. The molecule has 1 aliphatic rings. The Bertz CT molecular complexity index is 839. The van der Waals surface area contributed by atoms with E-state index in [1.807, 2.05) is 0 Å². The van der Waals surface area contributed by atoms with E-state index >= 15 is 0 Å². The van der Waals surface area contributed by atoms with E-state index in [4.69, 9.17) is 28.8 Å². The summed E-state index contributed by atoms with van der Waals surface area (Å²) in [6.45, 7) is 5.38. The monoisotopic (exact) mass is 515 g/mol. The molecule has 1 fully saturated rings. The third kappa shape index (κ3) is 10.0. The molecule has 0 aromatic heterocycles. The predicted molar refractivity (Wildman–Crippen MR) is 120 cm³/mol. The first-order valence-electron chi connectivity index (χ1n) is 11.6. The van der Waals surface area contributed by atoms with Gasteiger partial charge in [-0.2, -0.15) is 0 Å². The Morgan fingerprint density at radius 2 is 1.31 bits per heavy atom. The van der Waals surface area contributed by atoms with E-state index < -0.39 is 72.8 Å². The Balaban J connectivity index is 3.38. The van der Waals surface area contributed by atoms with Crippen LogP contribution in [0.15, 0.2) is 12.2 Å². The number of esters is 4. The fourth-order valence-corrected chi connectivity index (χ4v) is 3.14. The third-order valence-corrected chi connectivity index (χ3v) is 5.00. The van der Waals surface area contributed by atoms with E-state index in [0.29, 0.717) is 12.2 Å². The molecule has 0 aromatic rings. The molecule has 5 atom stereocenters. The fourth-order valence-electron chi connectivity index (χ4n) is 3.14. The minimum absolute atomic E-state index is 0.0185. The molecule has 0 aliphatic carbocycles. The van der Waals surface area contributed by atoms with Crippen molar-refractivity contribution in [2.75, 3.05) is 13.2 Å². The Labute approximate surface area is 208 Å². The van der Waals surface area contributed by atoms with Crippen molar-refractivity contribution in [3.8, 4) is 0 Å². The lowest BCUT2D eigenvalue weighted by molar-refractivity contribution is -0.230. The zero-order valence-corrected chi connectivity index (χ0v) is 20.7. The Hall–Kier alpha value is -3.48. The topological polar surface area (TPSA) is 181 Å². The first kappa shape index (κ1) is 30.6. The van der Waals surface area contributed by atoms with Gasteiger partial charge in [-0.3, -0.25) is 19.2 Å². The molecule has 0 saturated carbocycles. The number of hydrogen-bond acceptors (Lipinski definition) is 11. The van der Waals surface area contributed by atoms with Crippen molar-refractivity contribution in [3.63, 3.8) is 0 Å². The number of carboxylic acid groups (broad SMARTS) is 1. The van der Waals surface area contributed by atoms with Gasteiger partial charge in [0, 0.05) is 37.8 Å². The highest BCUT2D eigenvalue weighted by Crippen LogP contribution is 2.28. The maximum atomic E-state index is 12.3. The van der Waals surface area contributed by atoms with Gasteiger partial charge in [-0.05, 0) is 0 Å². The summed E-state index contributed by atoms with van der Waals surface area (Å²) in [7, 11) is 0. The molecule has 1 aliphatic heterocycles. The van der Waals surface area contributed by atoms with Crippen molar-refractivity contribution >= 4 is 35.8 Å². The summed E-state index contributed by atoms with van der Waals surface area (Å²) in [5.74, 6) is -4.71. The molecular formula is C23H33NO12. The molecule has 1 heterocycles. The van der Waals surface area contributed by atoms with Crippen molar-refractivity contribution in [3.05, 3.63) is 12.2 Å². The van der Waals surface area contributed by atoms with Crippen LogP contribution in [-0.4, -0.2) is 84.5 Å². The standard InChI is InChI=1S/C23H33NO12/c1-5-15(25)24-21-13(11-33-20(31)10-9-16(26)27)34-14(12-32-17(28)6-2)22(35-18(29)7-3)23(21)36-19(30)8-4/h9-10,13-14,21-23H,5-8,11-12H2,1-4H3,(H,24,25)(H,26,27)/b10-9+/t13-,14+,21+,22+,23+/m0/s1. The van der Waals surface area contributed by atoms with Crippen LogP contribution in [0.2, 0.25) is 0 Å². The molecule has 36 heavy (non-hydrogen) atoms. The number of carbonyl (C=O) groups excluding carboxylic acids is 5. The second-order valence-electron chi connectivity index (χ2n) is 7.61. The van der Waals surface area contributed by atoms with E-state index in [2.05, 4.69) is 5.32 Å². The zero-order chi connectivity index (χ0) is 27.3. The number of carbonyl (C=O) groups is 6. The van der Waals surface area contributed by atoms with Gasteiger partial charge in [-0.1, -0.05) is 27.7 Å². The van der Waals surface area contributed by atoms with E-state index in [-0.39, 0.29) is 32.3 Å². The molecule has 1 rings (SSSR count). The summed E-state index contributed by atoms with van der Waals surface area (Å²) in [5, 5.41) is 11.3. The average Bonchev–Trinajstić information content (AvgIpc) is 2.86. The minimum Gasteiger partial charge on any atom is -0.478 e. The highest BCUT2D eigenvalue weighted by atomic mass is 16.6. The lowest BCUT2D eigenvalue weighted by Gasteiger charge is -2.45. The maximum absolute atomic E-state index is 12.3. The molecule has 1 amide bonds. The smallest absolute Gasteiger partial charge is 0.331 e. The number of nitrogens with one attached hydrogen (secondary N) is 1. The Morgan fingerprint density at radius 3 is 1.83 bits per heavy atom. The zero-order valence-electron chi connectivity index (χ0n) is 20.7. The molecule has 0 spiro atoms. The molecule has 2 N–H and O–H groups in total. The lowest BCUT2D eigenvalue weighted by Crippen LogP contribution is -2.67. The van der Waals surface area contributed by atoms with E-state index in [0.717, 1.165) is 0 Å². The molecular weight excluding hydrogens is 482 g/mol. The maximum Gasteiger partial charge on any atom is 0.331 e. The summed E-state index contributed by atoms with van der Waals surface area (Å²) in [6.07, 6.45) is -3.49. The van der Waals surface area contributed by atoms with Crippen LogP contribution in [0.4, 0.5) is 0 Å². The largest absolute Gasteiger partial charge is 0.478 e. The summed E-state index contributed by atoms with van der Waals surface area (Å²) in [6, 6.07) is -1.13. The van der Waals surface area contributed by atoms with Crippen LogP contribution in [0, 0.1) is 0 Å². The van der Waals surface area contributed by atoms with Gasteiger partial charge in [0.25, 0.3) is 0 Å². The normalized spacial score (nSPS) is 23.4. The van der Waals surface area contributed by atoms with Gasteiger partial charge in [0.2, 0.25) is 5.91 Å². The molecule has 0 radical (unpaired) electrons. The van der Waals surface area contributed by atoms with Crippen LogP contribution < -0.4 is 5.32 Å². The molecule has 0 unspecified atom stereocenters. The van der Waals surface area contributed by atoms with Crippen LogP contribution in [0.3, 0.4) is 0 Å². The highest BCUT2D eigenvalue weighted by Gasteiger charge is 2.51. The number of ether oxygens (including phenoxy) is 5. The molecule has 202 valence electrons. The van der Waals surface area contributed by atoms with Gasteiger partial charge in [0.05, 0.1) is 6.04 Å². The van der Waals surface area contributed by atoms with Crippen LogP contribution in [0.5, 0.6) is 0 Å². The average molecular weight is 516 g/mol. The molecule has 0 bridgehead atoms. The number of hydrogen-bond donors (Lipinski definition) is 2. The predicted octanol–water partition coefficient (Wildman–Crippen LogP) is 0.429. The van der Waals surface area contributed by atoms with Crippen LogP contribution in [0.25, 0.3) is 0 Å². The van der Waals surface area contributed by atoms with Crippen molar-refractivity contribution < 1.29 is 57.6 Å². The van der Waals surface area contributed by atoms with Gasteiger partial charge < -0.3 is 34.1 Å². The lowest BCUT2D eigenvalue weighted by atomic mass is 9.92. The Kier molecular flexibility index (Phi) is 13.2. The van der Waals surface area contributed by atoms with Gasteiger partial charge in [-0.15, -0.1) is 0 Å². The number of rotatable bonds is 13. The number of carboxylic acids is 1. The van der Waals surface area contributed by atoms with Gasteiger partial charge in [-0.25, -0.2) is 9.59 Å². The molecule has 13 nitrogen and oxygen atoms in total. The van der Waals surface area contributed by atoms with Gasteiger partial charge >= 0.3 is 29.8 Å². The van der Waals surface area contributed by atoms with Crippen LogP contribution in [0.1, 0.15) is 53.4 Å². The van der Waals surface area contributed by atoms with E-state index in [1.165, 1.54) is 0 Å². The van der Waals surface area contributed by atoms with Crippen LogP contribution >= 0.6 is 0 Å². The van der Waals surface area contributed by atoms with Crippen LogP contribution in [-0.2, 0) is 52.5 Å². The van der Waals surface area contributed by atoms with E-state index in [1.54, 1.807) is 27.7 Å². The van der Waals surface area contributed by atoms with Gasteiger partial charge in [0.15, 0.2) is 12.2 Å². The second kappa shape index (κ2) is 15.5. The molecule has 13 heteroatoms. The summed E-state index contributed by atoms with van der Waals surface area (Å²) < 4.78 is 27.2.